The number of anilines is 3. The van der Waals surface area contributed by atoms with Crippen LogP contribution in [0.2, 0.25) is 0 Å². The molecule has 0 bridgehead atoms. The van der Waals surface area contributed by atoms with E-state index in [1.165, 1.54) is 25.1 Å². The van der Waals surface area contributed by atoms with Crippen molar-refractivity contribution in [1.29, 1.82) is 0 Å². The lowest BCUT2D eigenvalue weighted by molar-refractivity contribution is -0.115. The number of amides is 1. The lowest BCUT2D eigenvalue weighted by Crippen LogP contribution is -2.36. The number of halogens is 3. The van der Waals surface area contributed by atoms with Crippen LogP contribution < -0.4 is 9.80 Å². The molecule has 0 saturated carbocycles. The first-order valence-electron chi connectivity index (χ1n) is 10.4. The van der Waals surface area contributed by atoms with Crippen molar-refractivity contribution < 1.29 is 27.5 Å². The predicted molar refractivity (Wildman–Crippen MR) is 124 cm³/mol. The molecule has 10 heteroatoms. The molecule has 1 aliphatic heterocycles. The van der Waals surface area contributed by atoms with Gasteiger partial charge in [0.05, 0.1) is 30.3 Å². The maximum atomic E-state index is 14.6. The first-order valence-corrected chi connectivity index (χ1v) is 11.3. The molecule has 0 radical (unpaired) electrons. The van der Waals surface area contributed by atoms with Gasteiger partial charge in [-0.05, 0) is 42.5 Å². The van der Waals surface area contributed by atoms with Gasteiger partial charge in [-0.2, -0.15) is 0 Å². The van der Waals surface area contributed by atoms with Crippen LogP contribution in [0.25, 0.3) is 6.08 Å². The highest BCUT2D eigenvalue weighted by Gasteiger charge is 2.21. The summed E-state index contributed by atoms with van der Waals surface area (Å²) >= 11 is 1.06. The second-order valence-electron chi connectivity index (χ2n) is 7.47. The average Bonchev–Trinajstić information content (AvgIpc) is 3.28. The molecule has 34 heavy (non-hydrogen) atoms. The highest BCUT2D eigenvalue weighted by atomic mass is 32.1. The second-order valence-corrected chi connectivity index (χ2v) is 8.30. The highest BCUT2D eigenvalue weighted by Crippen LogP contribution is 2.31. The van der Waals surface area contributed by atoms with E-state index in [0.29, 0.717) is 43.8 Å². The number of rotatable bonds is 6. The Labute approximate surface area is 197 Å². The van der Waals surface area contributed by atoms with Crippen molar-refractivity contribution in [1.82, 2.24) is 4.98 Å². The molecular formula is C24H20F3N3O3S. The monoisotopic (exact) mass is 487 g/mol. The van der Waals surface area contributed by atoms with Gasteiger partial charge in [-0.25, -0.2) is 18.2 Å². The number of aromatic nitrogens is 1. The van der Waals surface area contributed by atoms with Crippen molar-refractivity contribution in [2.45, 2.75) is 6.92 Å². The molecule has 2 heterocycles. The molecule has 4 rings (SSSR count). The van der Waals surface area contributed by atoms with E-state index in [0.717, 1.165) is 28.4 Å². The normalized spacial score (nSPS) is 13.9. The van der Waals surface area contributed by atoms with Gasteiger partial charge in [-0.3, -0.25) is 14.5 Å². The number of ketones is 1. The summed E-state index contributed by atoms with van der Waals surface area (Å²) < 4.78 is 47.3. The van der Waals surface area contributed by atoms with E-state index in [1.54, 1.807) is 17.5 Å². The van der Waals surface area contributed by atoms with Gasteiger partial charge in [0.1, 0.15) is 17.5 Å². The SMILES string of the molecule is CC(=O)N(c1nc(/C=C/C(=O)c2ccc(N3CCOCC3)c(F)c2)cs1)c1ccc(F)cc1F. The first-order chi connectivity index (χ1) is 16.3. The van der Waals surface area contributed by atoms with E-state index in [-0.39, 0.29) is 16.4 Å². The number of hydrogen-bond acceptors (Lipinski definition) is 6. The van der Waals surface area contributed by atoms with Crippen LogP contribution in [-0.4, -0.2) is 43.0 Å². The Morgan fingerprint density at radius 2 is 1.85 bits per heavy atom. The van der Waals surface area contributed by atoms with Crippen LogP contribution >= 0.6 is 11.3 Å². The minimum absolute atomic E-state index is 0.134. The second kappa shape index (κ2) is 10.2. The number of ether oxygens (including phenoxy) is 1. The Morgan fingerprint density at radius 3 is 2.53 bits per heavy atom. The molecule has 6 nitrogen and oxygen atoms in total. The van der Waals surface area contributed by atoms with Gasteiger partial charge in [0.2, 0.25) is 5.91 Å². The number of hydrogen-bond donors (Lipinski definition) is 0. The minimum atomic E-state index is -0.903. The Kier molecular flexibility index (Phi) is 7.09. The topological polar surface area (TPSA) is 62.7 Å². The molecule has 1 aromatic heterocycles. The van der Waals surface area contributed by atoms with Crippen molar-refractivity contribution in [3.63, 3.8) is 0 Å². The van der Waals surface area contributed by atoms with Crippen LogP contribution in [-0.2, 0) is 9.53 Å². The molecule has 0 spiro atoms. The number of morpholine rings is 1. The molecule has 2 aromatic carbocycles. The lowest BCUT2D eigenvalue weighted by atomic mass is 10.1. The van der Waals surface area contributed by atoms with E-state index in [2.05, 4.69) is 4.98 Å². The van der Waals surface area contributed by atoms with Gasteiger partial charge < -0.3 is 9.64 Å². The molecule has 176 valence electrons. The summed E-state index contributed by atoms with van der Waals surface area (Å²) in [4.78, 5) is 31.8. The van der Waals surface area contributed by atoms with Crippen molar-refractivity contribution in [2.24, 2.45) is 0 Å². The Balaban J connectivity index is 1.50. The molecule has 1 fully saturated rings. The maximum absolute atomic E-state index is 14.6. The van der Waals surface area contributed by atoms with Crippen LogP contribution in [0.1, 0.15) is 23.0 Å². The maximum Gasteiger partial charge on any atom is 0.230 e. The number of benzene rings is 2. The molecule has 1 aliphatic rings. The molecule has 3 aromatic rings. The molecule has 1 amide bonds. The van der Waals surface area contributed by atoms with Crippen LogP contribution in [0.3, 0.4) is 0 Å². The third kappa shape index (κ3) is 5.18. The molecular weight excluding hydrogens is 467 g/mol. The molecule has 0 N–H and O–H groups in total. The van der Waals surface area contributed by atoms with E-state index in [4.69, 9.17) is 4.74 Å². The number of allylic oxidation sites excluding steroid dienone is 1. The number of thiazole rings is 1. The summed E-state index contributed by atoms with van der Waals surface area (Å²) in [6, 6.07) is 7.21. The fourth-order valence-corrected chi connectivity index (χ4v) is 4.35. The van der Waals surface area contributed by atoms with E-state index >= 15 is 0 Å². The zero-order valence-corrected chi connectivity index (χ0v) is 18.9. The zero-order chi connectivity index (χ0) is 24.2. The quantitative estimate of drug-likeness (QED) is 0.363. The Hall–Kier alpha value is -3.50. The lowest BCUT2D eigenvalue weighted by Gasteiger charge is -2.29. The molecule has 1 saturated heterocycles. The van der Waals surface area contributed by atoms with Crippen LogP contribution in [0.15, 0.2) is 47.9 Å². The standard InChI is InChI=1S/C24H20F3N3O3S/c1-15(31)30(22-6-3-17(25)13-20(22)27)24-28-18(14-34-24)4-7-23(32)16-2-5-21(19(26)12-16)29-8-10-33-11-9-29/h2-7,12-14H,8-11H2,1H3/b7-4+. The van der Waals surface area contributed by atoms with E-state index in [1.807, 2.05) is 4.90 Å². The third-order valence-electron chi connectivity index (χ3n) is 5.16. The summed E-state index contributed by atoms with van der Waals surface area (Å²) in [6.07, 6.45) is 2.67. The molecule has 0 aliphatic carbocycles. The van der Waals surface area contributed by atoms with Gasteiger partial charge >= 0.3 is 0 Å². The fraction of sp³-hybridized carbons (Fsp3) is 0.208. The van der Waals surface area contributed by atoms with Gasteiger partial charge in [0.25, 0.3) is 0 Å². The van der Waals surface area contributed by atoms with Crippen molar-refractivity contribution >= 4 is 45.6 Å². The summed E-state index contributed by atoms with van der Waals surface area (Å²) in [7, 11) is 0. The first kappa shape index (κ1) is 23.7. The van der Waals surface area contributed by atoms with Crippen LogP contribution in [0.4, 0.5) is 29.7 Å². The van der Waals surface area contributed by atoms with Crippen molar-refractivity contribution in [3.8, 4) is 0 Å². The highest BCUT2D eigenvalue weighted by molar-refractivity contribution is 7.14. The molecule has 0 atom stereocenters. The van der Waals surface area contributed by atoms with Gasteiger partial charge in [0, 0.05) is 37.0 Å². The summed E-state index contributed by atoms with van der Waals surface area (Å²) in [5.41, 5.74) is 0.823. The number of carbonyl (C=O) groups is 2. The fourth-order valence-electron chi connectivity index (χ4n) is 3.50. The van der Waals surface area contributed by atoms with Crippen LogP contribution in [0.5, 0.6) is 0 Å². The number of nitrogens with zero attached hydrogens (tertiary/aromatic N) is 3. The van der Waals surface area contributed by atoms with Crippen molar-refractivity contribution in [3.05, 3.63) is 76.6 Å². The predicted octanol–water partition coefficient (Wildman–Crippen LogP) is 4.98. The molecule has 0 unspecified atom stereocenters. The largest absolute Gasteiger partial charge is 0.378 e. The smallest absolute Gasteiger partial charge is 0.230 e. The van der Waals surface area contributed by atoms with Gasteiger partial charge in [-0.15, -0.1) is 11.3 Å². The van der Waals surface area contributed by atoms with Crippen molar-refractivity contribution in [2.75, 3.05) is 36.1 Å². The average molecular weight is 488 g/mol. The number of carbonyl (C=O) groups excluding carboxylic acids is 2. The van der Waals surface area contributed by atoms with Gasteiger partial charge in [-0.1, -0.05) is 0 Å². The summed E-state index contributed by atoms with van der Waals surface area (Å²) in [5.74, 6) is -3.09. The zero-order valence-electron chi connectivity index (χ0n) is 18.1. The Bertz CT molecular complexity index is 1260. The summed E-state index contributed by atoms with van der Waals surface area (Å²) in [6.45, 7) is 3.43. The van der Waals surface area contributed by atoms with E-state index in [9.17, 15) is 22.8 Å². The van der Waals surface area contributed by atoms with Gasteiger partial charge in [0.15, 0.2) is 10.9 Å². The summed E-state index contributed by atoms with van der Waals surface area (Å²) in [5, 5.41) is 1.74. The third-order valence-corrected chi connectivity index (χ3v) is 6.00. The van der Waals surface area contributed by atoms with Crippen LogP contribution in [0, 0.1) is 17.5 Å². The van der Waals surface area contributed by atoms with E-state index < -0.39 is 29.1 Å². The Morgan fingerprint density at radius 1 is 1.09 bits per heavy atom. The minimum Gasteiger partial charge on any atom is -0.378 e.